The van der Waals surface area contributed by atoms with Gasteiger partial charge in [0.15, 0.2) is 0 Å². The number of halogens is 1. The van der Waals surface area contributed by atoms with Crippen molar-refractivity contribution in [3.63, 3.8) is 0 Å². The third-order valence-electron chi connectivity index (χ3n) is 6.87. The Morgan fingerprint density at radius 2 is 1.89 bits per heavy atom. The molecule has 0 aromatic carbocycles. The van der Waals surface area contributed by atoms with Gasteiger partial charge in [0.25, 0.3) is 0 Å². The zero-order valence-electron chi connectivity index (χ0n) is 22.9. The summed E-state index contributed by atoms with van der Waals surface area (Å²) >= 11 is 5.95. The number of carboxylic acids is 1. The van der Waals surface area contributed by atoms with Gasteiger partial charge in [0.2, 0.25) is 5.91 Å². The van der Waals surface area contributed by atoms with Gasteiger partial charge in [-0.3, -0.25) is 14.4 Å². The van der Waals surface area contributed by atoms with Crippen LogP contribution in [0.3, 0.4) is 0 Å². The summed E-state index contributed by atoms with van der Waals surface area (Å²) in [7, 11) is 0. The molecule has 2 aliphatic heterocycles. The van der Waals surface area contributed by atoms with Crippen LogP contribution in [0.5, 0.6) is 0 Å². The molecule has 2 saturated heterocycles. The molecule has 0 saturated carbocycles. The van der Waals surface area contributed by atoms with Gasteiger partial charge >= 0.3 is 11.9 Å². The van der Waals surface area contributed by atoms with Crippen LogP contribution in [-0.2, 0) is 28.6 Å². The van der Waals surface area contributed by atoms with Crippen molar-refractivity contribution in [1.82, 2.24) is 5.32 Å². The fourth-order valence-corrected chi connectivity index (χ4v) is 5.08. The van der Waals surface area contributed by atoms with E-state index in [9.17, 15) is 19.5 Å². The third kappa shape index (κ3) is 10.9. The van der Waals surface area contributed by atoms with E-state index < -0.39 is 35.9 Å². The van der Waals surface area contributed by atoms with Crippen molar-refractivity contribution in [3.8, 4) is 0 Å². The first-order chi connectivity index (χ1) is 17.8. The van der Waals surface area contributed by atoms with Crippen molar-refractivity contribution in [1.29, 1.82) is 0 Å². The summed E-state index contributed by atoms with van der Waals surface area (Å²) < 4.78 is 17.1. The number of carbonyl (C=O) groups excluding carboxylic acids is 2. The minimum absolute atomic E-state index is 0.00625. The number of esters is 1. The van der Waals surface area contributed by atoms with E-state index in [-0.39, 0.29) is 48.8 Å². The maximum Gasteiger partial charge on any atom is 0.305 e. The monoisotopic (exact) mass is 555 g/mol. The lowest BCUT2D eigenvalue weighted by Gasteiger charge is -2.39. The predicted octanol–water partition coefficient (Wildman–Crippen LogP) is 3.68. The summed E-state index contributed by atoms with van der Waals surface area (Å²) in [4.78, 5) is 34.4. The largest absolute Gasteiger partial charge is 0.481 e. The summed E-state index contributed by atoms with van der Waals surface area (Å²) in [5.41, 5.74) is -0.162. The maximum atomic E-state index is 12.3. The van der Waals surface area contributed by atoms with Crippen molar-refractivity contribution in [2.45, 2.75) is 109 Å². The fraction of sp³-hybridized carbons (Fsp3) is 0.679. The molecule has 2 rings (SSSR count). The molecular weight excluding hydrogens is 514 g/mol. The smallest absolute Gasteiger partial charge is 0.305 e. The molecule has 0 aromatic heterocycles. The van der Waals surface area contributed by atoms with Crippen molar-refractivity contribution >= 4 is 29.4 Å². The van der Waals surface area contributed by atoms with Gasteiger partial charge < -0.3 is 29.7 Å². The molecule has 10 heteroatoms. The third-order valence-corrected chi connectivity index (χ3v) is 7.37. The fourth-order valence-electron chi connectivity index (χ4n) is 4.86. The molecule has 0 bridgehead atoms. The number of hydrogen-bond acceptors (Lipinski definition) is 7. The van der Waals surface area contributed by atoms with E-state index in [1.165, 1.54) is 13.0 Å². The van der Waals surface area contributed by atoms with Gasteiger partial charge in [-0.05, 0) is 45.6 Å². The number of ether oxygens (including phenoxy) is 3. The molecule has 0 radical (unpaired) electrons. The lowest BCUT2D eigenvalue weighted by Crippen LogP contribution is -2.50. The number of carbonyl (C=O) groups is 3. The Hall–Kier alpha value is -2.20. The lowest BCUT2D eigenvalue weighted by molar-refractivity contribution is -0.150. The highest BCUT2D eigenvalue weighted by Gasteiger charge is 2.39. The Kier molecular flexibility index (Phi) is 12.5. The average Bonchev–Trinajstić information content (AvgIpc) is 2.81. The number of hydrogen-bond donors (Lipinski definition) is 3. The van der Waals surface area contributed by atoms with Gasteiger partial charge in [0, 0.05) is 25.8 Å². The number of aliphatic hydroxyl groups is 1. The SMILES string of the molecule is CC(=O)O[C@@H](C)C=CC(=O)N[C@@H]1C[C@H](C)[C@H](CC=C(C)C=C[C@@H]2C[C@](O)(CCl)C[C@@H](CC(=O)O)O2)O[C@@H]1C. The second kappa shape index (κ2) is 14.8. The molecule has 2 aliphatic rings. The van der Waals surface area contributed by atoms with E-state index in [4.69, 9.17) is 30.9 Å². The Morgan fingerprint density at radius 3 is 2.53 bits per heavy atom. The molecule has 0 spiro atoms. The van der Waals surface area contributed by atoms with Gasteiger partial charge in [-0.1, -0.05) is 30.7 Å². The molecule has 3 N–H and O–H groups in total. The molecule has 38 heavy (non-hydrogen) atoms. The van der Waals surface area contributed by atoms with Crippen LogP contribution in [0.15, 0.2) is 36.0 Å². The van der Waals surface area contributed by atoms with Crippen LogP contribution < -0.4 is 5.32 Å². The molecule has 214 valence electrons. The summed E-state index contributed by atoms with van der Waals surface area (Å²) in [6.07, 6.45) is 8.85. The highest BCUT2D eigenvalue weighted by atomic mass is 35.5. The average molecular weight is 556 g/mol. The first kappa shape index (κ1) is 32.0. The van der Waals surface area contributed by atoms with Gasteiger partial charge in [0.1, 0.15) is 6.10 Å². The van der Waals surface area contributed by atoms with Crippen molar-refractivity contribution in [3.05, 3.63) is 36.0 Å². The quantitative estimate of drug-likeness (QED) is 0.152. The Morgan fingerprint density at radius 1 is 1.18 bits per heavy atom. The lowest BCUT2D eigenvalue weighted by atomic mass is 9.87. The summed E-state index contributed by atoms with van der Waals surface area (Å²) in [6, 6.07) is -0.129. The highest BCUT2D eigenvalue weighted by molar-refractivity contribution is 6.18. The molecular formula is C28H42ClNO8. The number of amides is 1. The van der Waals surface area contributed by atoms with Crippen LogP contribution in [0.25, 0.3) is 0 Å². The van der Waals surface area contributed by atoms with Crippen molar-refractivity contribution in [2.75, 3.05) is 5.88 Å². The van der Waals surface area contributed by atoms with Crippen LogP contribution in [-0.4, -0.2) is 76.1 Å². The summed E-state index contributed by atoms with van der Waals surface area (Å²) in [6.45, 7) is 9.01. The van der Waals surface area contributed by atoms with Gasteiger partial charge in [-0.25, -0.2) is 0 Å². The minimum atomic E-state index is -1.16. The number of allylic oxidation sites excluding steroid dienone is 2. The van der Waals surface area contributed by atoms with Crippen molar-refractivity contribution < 1.29 is 38.8 Å². The zero-order chi connectivity index (χ0) is 28.5. The van der Waals surface area contributed by atoms with E-state index in [1.807, 2.05) is 26.0 Å². The van der Waals surface area contributed by atoms with Gasteiger partial charge in [-0.2, -0.15) is 0 Å². The molecule has 2 fully saturated rings. The Balaban J connectivity index is 1.88. The Bertz CT molecular complexity index is 919. The molecule has 1 amide bonds. The van der Waals surface area contributed by atoms with Crippen molar-refractivity contribution in [2.24, 2.45) is 5.92 Å². The van der Waals surface area contributed by atoms with Crippen LogP contribution in [0, 0.1) is 5.92 Å². The van der Waals surface area contributed by atoms with Crippen LogP contribution in [0.4, 0.5) is 0 Å². The Labute approximate surface area is 230 Å². The normalized spacial score (nSPS) is 33.3. The number of aliphatic carboxylic acids is 1. The molecule has 2 heterocycles. The molecule has 0 aliphatic carbocycles. The zero-order valence-corrected chi connectivity index (χ0v) is 23.6. The minimum Gasteiger partial charge on any atom is -0.481 e. The van der Waals surface area contributed by atoms with E-state index in [2.05, 4.69) is 18.3 Å². The van der Waals surface area contributed by atoms with Gasteiger partial charge in [0.05, 0.1) is 48.4 Å². The van der Waals surface area contributed by atoms with Gasteiger partial charge in [-0.15, -0.1) is 11.6 Å². The first-order valence-corrected chi connectivity index (χ1v) is 13.7. The molecule has 0 aromatic rings. The van der Waals surface area contributed by atoms with Crippen LogP contribution in [0.2, 0.25) is 0 Å². The topological polar surface area (TPSA) is 131 Å². The number of alkyl halides is 1. The van der Waals surface area contributed by atoms with E-state index >= 15 is 0 Å². The van der Waals surface area contributed by atoms with Crippen LogP contribution in [0.1, 0.15) is 66.7 Å². The number of carboxylic acid groups (broad SMARTS) is 1. The maximum absolute atomic E-state index is 12.3. The standard InChI is InChI=1S/C28H42ClNO8/c1-17(6-9-22-14-28(35,16-29)15-23(38-22)13-27(33)34)7-10-25-18(2)12-24(20(4)37-25)30-26(32)11-8-19(3)36-21(5)31/h6-9,11,18-20,22-25,35H,10,12-16H2,1-5H3,(H,30,32)(H,33,34)/t18-,19-,20+,22+,23+,24+,25-,28+/m0/s1. The van der Waals surface area contributed by atoms with E-state index in [1.54, 1.807) is 13.0 Å². The molecule has 9 nitrogen and oxygen atoms in total. The van der Waals surface area contributed by atoms with Crippen LogP contribution >= 0.6 is 11.6 Å². The van der Waals surface area contributed by atoms with E-state index in [0.717, 1.165) is 12.0 Å². The molecule has 0 unspecified atom stereocenters. The number of rotatable bonds is 11. The summed E-state index contributed by atoms with van der Waals surface area (Å²) in [5, 5.41) is 22.8. The second-order valence-electron chi connectivity index (χ2n) is 10.6. The predicted molar refractivity (Wildman–Crippen MR) is 144 cm³/mol. The van der Waals surface area contributed by atoms with E-state index in [0.29, 0.717) is 12.8 Å². The highest BCUT2D eigenvalue weighted by Crippen LogP contribution is 2.32. The first-order valence-electron chi connectivity index (χ1n) is 13.1. The second-order valence-corrected chi connectivity index (χ2v) is 10.9. The number of nitrogens with one attached hydrogen (secondary N) is 1. The molecule has 8 atom stereocenters. The summed E-state index contributed by atoms with van der Waals surface area (Å²) in [5.74, 6) is -1.40.